The summed E-state index contributed by atoms with van der Waals surface area (Å²) in [6.07, 6.45) is 1.94. The Kier molecular flexibility index (Phi) is 5.04. The van der Waals surface area contributed by atoms with E-state index in [4.69, 9.17) is 4.52 Å². The Hall–Kier alpha value is -1.68. The van der Waals surface area contributed by atoms with E-state index in [0.717, 1.165) is 9.77 Å². The van der Waals surface area contributed by atoms with Crippen LogP contribution in [-0.2, 0) is 16.6 Å². The van der Waals surface area contributed by atoms with Crippen molar-refractivity contribution in [3.8, 4) is 10.7 Å². The van der Waals surface area contributed by atoms with E-state index >= 15 is 0 Å². The maximum Gasteiger partial charge on any atom is 0.243 e. The summed E-state index contributed by atoms with van der Waals surface area (Å²) in [4.78, 5) is 6.37. The lowest BCUT2D eigenvalue weighted by Crippen LogP contribution is -2.26. The third-order valence-corrected chi connectivity index (χ3v) is 6.76. The highest BCUT2D eigenvalue weighted by Gasteiger charge is 2.23. The van der Waals surface area contributed by atoms with Gasteiger partial charge in [-0.25, -0.2) is 8.42 Å². The second-order valence-electron chi connectivity index (χ2n) is 4.93. The van der Waals surface area contributed by atoms with Crippen molar-refractivity contribution in [2.24, 2.45) is 0 Å². The Morgan fingerprint density at radius 3 is 2.62 bits per heavy atom. The van der Waals surface area contributed by atoms with Gasteiger partial charge in [0.15, 0.2) is 0 Å². The molecule has 24 heavy (non-hydrogen) atoms. The van der Waals surface area contributed by atoms with Gasteiger partial charge in [-0.2, -0.15) is 9.29 Å². The number of sulfonamides is 1. The average molecular weight is 382 g/mol. The molecule has 0 N–H and O–H groups in total. The van der Waals surface area contributed by atoms with Gasteiger partial charge in [0.1, 0.15) is 0 Å². The van der Waals surface area contributed by atoms with Gasteiger partial charge in [0.25, 0.3) is 0 Å². The predicted molar refractivity (Wildman–Crippen MR) is 94.5 cm³/mol. The van der Waals surface area contributed by atoms with Crippen molar-refractivity contribution in [2.45, 2.75) is 16.3 Å². The van der Waals surface area contributed by atoms with Gasteiger partial charge in [0.2, 0.25) is 21.7 Å². The molecule has 0 amide bonds. The van der Waals surface area contributed by atoms with Crippen molar-refractivity contribution >= 4 is 33.1 Å². The molecule has 0 unspecified atom stereocenters. The van der Waals surface area contributed by atoms with Crippen LogP contribution in [0.5, 0.6) is 0 Å². The number of thioether (sulfide) groups is 1. The Labute approximate surface area is 148 Å². The zero-order chi connectivity index (χ0) is 17.2. The highest BCUT2D eigenvalue weighted by atomic mass is 32.2. The first-order chi connectivity index (χ1) is 11.5. The molecule has 6 nitrogen and oxygen atoms in total. The standard InChI is InChI=1S/C15H15N3O3S3/c1-18(24(19,20)12-7-5-11(22-2)6-8-12)10-14-16-15(17-21-14)13-4-3-9-23-13/h3-9H,10H2,1-2H3. The molecule has 0 atom stereocenters. The topological polar surface area (TPSA) is 76.3 Å². The molecule has 2 aromatic heterocycles. The van der Waals surface area contributed by atoms with Crippen molar-refractivity contribution in [2.75, 3.05) is 13.3 Å². The first-order valence-electron chi connectivity index (χ1n) is 6.97. The molecule has 0 aliphatic rings. The molecular weight excluding hydrogens is 366 g/mol. The zero-order valence-corrected chi connectivity index (χ0v) is 15.5. The fraction of sp³-hybridized carbons (Fsp3) is 0.200. The minimum Gasteiger partial charge on any atom is -0.337 e. The molecule has 0 saturated heterocycles. The van der Waals surface area contributed by atoms with E-state index in [9.17, 15) is 8.42 Å². The van der Waals surface area contributed by atoms with E-state index in [1.54, 1.807) is 36.0 Å². The summed E-state index contributed by atoms with van der Waals surface area (Å²) < 4.78 is 31.6. The van der Waals surface area contributed by atoms with Crippen molar-refractivity contribution in [1.82, 2.24) is 14.4 Å². The summed E-state index contributed by atoms with van der Waals surface area (Å²) in [5.41, 5.74) is 0. The summed E-state index contributed by atoms with van der Waals surface area (Å²) in [5.74, 6) is 0.723. The molecule has 1 aromatic carbocycles. The predicted octanol–water partition coefficient (Wildman–Crippen LogP) is 3.34. The van der Waals surface area contributed by atoms with Gasteiger partial charge in [-0.15, -0.1) is 23.1 Å². The van der Waals surface area contributed by atoms with Crippen molar-refractivity contribution in [1.29, 1.82) is 0 Å². The molecule has 126 valence electrons. The molecule has 9 heteroatoms. The van der Waals surface area contributed by atoms with E-state index in [0.29, 0.717) is 5.82 Å². The smallest absolute Gasteiger partial charge is 0.243 e. The van der Waals surface area contributed by atoms with Gasteiger partial charge in [-0.05, 0) is 42.0 Å². The second-order valence-corrected chi connectivity index (χ2v) is 8.80. The monoisotopic (exact) mass is 381 g/mol. The lowest BCUT2D eigenvalue weighted by molar-refractivity contribution is 0.337. The number of hydrogen-bond acceptors (Lipinski definition) is 7. The Morgan fingerprint density at radius 1 is 1.25 bits per heavy atom. The molecule has 0 aliphatic heterocycles. The average Bonchev–Trinajstić information content (AvgIpc) is 3.26. The lowest BCUT2D eigenvalue weighted by Gasteiger charge is -2.15. The van der Waals surface area contributed by atoms with Crippen LogP contribution >= 0.6 is 23.1 Å². The number of rotatable bonds is 6. The summed E-state index contributed by atoms with van der Waals surface area (Å²) in [6, 6.07) is 10.5. The number of nitrogens with zero attached hydrogens (tertiary/aromatic N) is 3. The van der Waals surface area contributed by atoms with Crippen LogP contribution in [0.1, 0.15) is 5.89 Å². The van der Waals surface area contributed by atoms with Crippen LogP contribution in [-0.4, -0.2) is 36.2 Å². The minimum absolute atomic E-state index is 0.0188. The maximum absolute atomic E-state index is 12.6. The second kappa shape index (κ2) is 7.06. The third-order valence-electron chi connectivity index (χ3n) is 3.34. The quantitative estimate of drug-likeness (QED) is 0.610. The molecule has 0 radical (unpaired) electrons. The first-order valence-corrected chi connectivity index (χ1v) is 10.5. The Morgan fingerprint density at radius 2 is 2.00 bits per heavy atom. The minimum atomic E-state index is -3.61. The third kappa shape index (κ3) is 3.54. The van der Waals surface area contributed by atoms with Crippen LogP contribution in [0.2, 0.25) is 0 Å². The summed E-state index contributed by atoms with van der Waals surface area (Å²) in [7, 11) is -2.11. The molecule has 3 aromatic rings. The summed E-state index contributed by atoms with van der Waals surface area (Å²) in [5, 5.41) is 5.81. The van der Waals surface area contributed by atoms with Gasteiger partial charge in [0, 0.05) is 11.9 Å². The van der Waals surface area contributed by atoms with E-state index < -0.39 is 10.0 Å². The molecule has 0 bridgehead atoms. The Balaban J connectivity index is 1.77. The number of hydrogen-bond donors (Lipinski definition) is 0. The van der Waals surface area contributed by atoms with Crippen LogP contribution in [0.4, 0.5) is 0 Å². The largest absolute Gasteiger partial charge is 0.337 e. The molecule has 3 rings (SSSR count). The number of aromatic nitrogens is 2. The van der Waals surface area contributed by atoms with Crippen molar-refractivity contribution in [3.63, 3.8) is 0 Å². The van der Waals surface area contributed by atoms with Gasteiger partial charge in [-0.1, -0.05) is 11.2 Å². The molecule has 0 aliphatic carbocycles. The van der Waals surface area contributed by atoms with Gasteiger partial charge >= 0.3 is 0 Å². The van der Waals surface area contributed by atoms with Crippen molar-refractivity contribution in [3.05, 3.63) is 47.7 Å². The van der Waals surface area contributed by atoms with Crippen LogP contribution in [0.15, 0.2) is 56.1 Å². The maximum atomic E-state index is 12.6. The number of benzene rings is 1. The van der Waals surface area contributed by atoms with E-state index in [-0.39, 0.29) is 17.3 Å². The molecule has 0 saturated carbocycles. The molecule has 0 spiro atoms. The SMILES string of the molecule is CSc1ccc(S(=O)(=O)N(C)Cc2nc(-c3cccs3)no2)cc1. The lowest BCUT2D eigenvalue weighted by atomic mass is 10.4. The van der Waals surface area contributed by atoms with Crippen molar-refractivity contribution < 1.29 is 12.9 Å². The highest BCUT2D eigenvalue weighted by molar-refractivity contribution is 7.98. The van der Waals surface area contributed by atoms with Crippen LogP contribution in [0, 0.1) is 0 Å². The highest BCUT2D eigenvalue weighted by Crippen LogP contribution is 2.23. The molecule has 0 fully saturated rings. The van der Waals surface area contributed by atoms with Crippen LogP contribution in [0.3, 0.4) is 0 Å². The Bertz CT molecular complexity index is 903. The van der Waals surface area contributed by atoms with Gasteiger partial charge in [0.05, 0.1) is 16.3 Å². The first kappa shape index (κ1) is 17.2. The molecule has 2 heterocycles. The fourth-order valence-corrected chi connectivity index (χ4v) is 4.21. The number of thiophene rings is 1. The van der Waals surface area contributed by atoms with Gasteiger partial charge in [-0.3, -0.25) is 0 Å². The summed E-state index contributed by atoms with van der Waals surface area (Å²) >= 11 is 3.06. The normalized spacial score (nSPS) is 12.0. The van der Waals surface area contributed by atoms with E-state index in [1.807, 2.05) is 23.8 Å². The van der Waals surface area contributed by atoms with Gasteiger partial charge < -0.3 is 4.52 Å². The van der Waals surface area contributed by atoms with Crippen LogP contribution in [0.25, 0.3) is 10.7 Å². The van der Waals surface area contributed by atoms with Crippen LogP contribution < -0.4 is 0 Å². The van der Waals surface area contributed by atoms with E-state index in [2.05, 4.69) is 10.1 Å². The molecular formula is C15H15N3O3S3. The summed E-state index contributed by atoms with van der Waals surface area (Å²) in [6.45, 7) is 0.0188. The zero-order valence-electron chi connectivity index (χ0n) is 13.0. The van der Waals surface area contributed by atoms with E-state index in [1.165, 1.54) is 22.7 Å². The fourth-order valence-electron chi connectivity index (χ4n) is 2.03.